The van der Waals surface area contributed by atoms with E-state index in [-0.39, 0.29) is 33.8 Å². The topological polar surface area (TPSA) is 259 Å². The highest BCUT2D eigenvalue weighted by molar-refractivity contribution is 7.86. The van der Waals surface area contributed by atoms with Gasteiger partial charge in [-0.2, -0.15) is 25.3 Å². The van der Waals surface area contributed by atoms with Crippen LogP contribution in [0.1, 0.15) is 0 Å². The molecule has 7 N–H and O–H groups in total. The highest BCUT2D eigenvalue weighted by Crippen LogP contribution is 2.40. The first-order valence-corrected chi connectivity index (χ1v) is 14.9. The molecular weight excluding hydrogens is 592 g/mol. The zero-order valence-corrected chi connectivity index (χ0v) is 22.1. The number of hydrazine groups is 1. The van der Waals surface area contributed by atoms with Crippen molar-refractivity contribution in [3.63, 3.8) is 0 Å². The van der Waals surface area contributed by atoms with E-state index >= 15 is 0 Å². The Labute approximate surface area is 227 Å². The average Bonchev–Trinajstić information content (AvgIpc) is 2.86. The van der Waals surface area contributed by atoms with Crippen LogP contribution in [-0.2, 0) is 30.4 Å². The predicted molar refractivity (Wildman–Crippen MR) is 138 cm³/mol. The van der Waals surface area contributed by atoms with Crippen molar-refractivity contribution >= 4 is 41.9 Å². The van der Waals surface area contributed by atoms with Crippen LogP contribution < -0.4 is 10.9 Å². The van der Waals surface area contributed by atoms with Gasteiger partial charge in [0.2, 0.25) is 0 Å². The molecule has 40 heavy (non-hydrogen) atoms. The summed E-state index contributed by atoms with van der Waals surface area (Å²) in [5, 5.41) is 20.8. The Morgan fingerprint density at radius 3 is 1.70 bits per heavy atom. The van der Waals surface area contributed by atoms with Gasteiger partial charge in [-0.3, -0.25) is 18.7 Å². The van der Waals surface area contributed by atoms with E-state index in [1.165, 1.54) is 24.4 Å². The third-order valence-electron chi connectivity index (χ3n) is 5.51. The van der Waals surface area contributed by atoms with Crippen LogP contribution in [0.4, 0.5) is 11.5 Å². The summed E-state index contributed by atoms with van der Waals surface area (Å²) in [5.74, 6) is 5.00. The van der Waals surface area contributed by atoms with Crippen molar-refractivity contribution in [2.75, 3.05) is 5.01 Å². The van der Waals surface area contributed by atoms with Crippen LogP contribution in [-0.4, -0.2) is 59.1 Å². The molecule has 210 valence electrons. The number of rotatable bonds is 7. The summed E-state index contributed by atoms with van der Waals surface area (Å²) in [5.41, 5.74) is 0.0130. The van der Waals surface area contributed by atoms with Crippen LogP contribution >= 0.6 is 0 Å². The number of hydrogen-bond donors (Lipinski definition) is 6. The predicted octanol–water partition coefficient (Wildman–Crippen LogP) is 1.97. The number of phenolic OH excluding ortho intramolecular Hbond substituents is 2. The SMILES string of the molecule is NN(c1cc(-c2ccc(S(=O)(=O)O)cc2O)ccn1)c1cc(S(=O)(=O)O)ncc1-c1ccc(S(=O)(=O)O)cc1O. The maximum absolute atomic E-state index is 11.8. The number of hydrogen-bond acceptors (Lipinski definition) is 12. The molecule has 2 aromatic carbocycles. The second kappa shape index (κ2) is 10.1. The van der Waals surface area contributed by atoms with Crippen molar-refractivity contribution in [1.82, 2.24) is 9.97 Å². The van der Waals surface area contributed by atoms with E-state index in [0.717, 1.165) is 47.6 Å². The van der Waals surface area contributed by atoms with Crippen LogP contribution in [0.15, 0.2) is 81.8 Å². The summed E-state index contributed by atoms with van der Waals surface area (Å²) in [7, 11) is -14.1. The summed E-state index contributed by atoms with van der Waals surface area (Å²) in [4.78, 5) is 6.58. The number of aromatic nitrogens is 2. The molecular formula is C22H18N4O11S3. The molecule has 0 fully saturated rings. The van der Waals surface area contributed by atoms with Gasteiger partial charge in [-0.25, -0.2) is 15.8 Å². The zero-order valence-electron chi connectivity index (χ0n) is 19.7. The molecule has 0 aliphatic heterocycles. The van der Waals surface area contributed by atoms with Crippen molar-refractivity contribution < 1.29 is 49.1 Å². The van der Waals surface area contributed by atoms with Gasteiger partial charge in [0.25, 0.3) is 20.2 Å². The first-order chi connectivity index (χ1) is 18.5. The lowest BCUT2D eigenvalue weighted by Gasteiger charge is -2.22. The van der Waals surface area contributed by atoms with Gasteiger partial charge in [-0.15, -0.1) is 0 Å². The van der Waals surface area contributed by atoms with E-state index in [1.807, 2.05) is 0 Å². The number of pyridine rings is 2. The van der Waals surface area contributed by atoms with Crippen molar-refractivity contribution in [3.05, 3.63) is 67.0 Å². The van der Waals surface area contributed by atoms with Gasteiger partial charge in [0.15, 0.2) is 5.03 Å². The average molecular weight is 611 g/mol. The molecule has 0 radical (unpaired) electrons. The molecule has 4 aromatic rings. The molecule has 0 spiro atoms. The van der Waals surface area contributed by atoms with Gasteiger partial charge in [0, 0.05) is 47.3 Å². The van der Waals surface area contributed by atoms with Crippen molar-refractivity contribution in [2.24, 2.45) is 5.84 Å². The van der Waals surface area contributed by atoms with E-state index in [2.05, 4.69) is 9.97 Å². The summed E-state index contributed by atoms with van der Waals surface area (Å²) in [6.45, 7) is 0. The van der Waals surface area contributed by atoms with E-state index in [4.69, 9.17) is 5.84 Å². The number of benzene rings is 2. The number of aromatic hydroxyl groups is 2. The summed E-state index contributed by atoms with van der Waals surface area (Å²) < 4.78 is 97.1. The summed E-state index contributed by atoms with van der Waals surface area (Å²) in [6, 6.07) is 9.48. The molecule has 0 amide bonds. The van der Waals surface area contributed by atoms with Gasteiger partial charge in [-0.1, -0.05) is 0 Å². The Hall–Kier alpha value is -4.17. The number of phenols is 2. The quantitative estimate of drug-likeness (QED) is 0.0992. The van der Waals surface area contributed by atoms with Crippen molar-refractivity contribution in [3.8, 4) is 33.8 Å². The van der Waals surface area contributed by atoms with E-state index < -0.39 is 56.7 Å². The van der Waals surface area contributed by atoms with E-state index in [9.17, 15) is 49.1 Å². The monoisotopic (exact) mass is 610 g/mol. The van der Waals surface area contributed by atoms with E-state index in [1.54, 1.807) is 0 Å². The number of nitrogens with zero attached hydrogens (tertiary/aromatic N) is 3. The van der Waals surface area contributed by atoms with Gasteiger partial charge in [0.1, 0.15) is 17.3 Å². The lowest BCUT2D eigenvalue weighted by Crippen LogP contribution is -2.27. The van der Waals surface area contributed by atoms with Crippen LogP contribution in [0.25, 0.3) is 22.3 Å². The second-order valence-corrected chi connectivity index (χ2v) is 12.3. The normalized spacial score (nSPS) is 12.3. The molecule has 18 heteroatoms. The Morgan fingerprint density at radius 2 is 1.20 bits per heavy atom. The summed E-state index contributed by atoms with van der Waals surface area (Å²) >= 11 is 0. The molecule has 0 bridgehead atoms. The third-order valence-corrected chi connectivity index (χ3v) is 7.96. The third kappa shape index (κ3) is 5.87. The van der Waals surface area contributed by atoms with Crippen LogP contribution in [0, 0.1) is 0 Å². The van der Waals surface area contributed by atoms with Gasteiger partial charge >= 0.3 is 10.1 Å². The fourth-order valence-corrected chi connectivity index (χ4v) is 5.08. The minimum atomic E-state index is -4.84. The smallest absolute Gasteiger partial charge is 0.312 e. The molecule has 0 unspecified atom stereocenters. The van der Waals surface area contributed by atoms with Crippen molar-refractivity contribution in [2.45, 2.75) is 14.8 Å². The number of nitrogens with two attached hydrogens (primary N) is 1. The fourth-order valence-electron chi connectivity index (χ4n) is 3.63. The Kier molecular flexibility index (Phi) is 7.28. The molecule has 2 aromatic heterocycles. The maximum atomic E-state index is 11.8. The molecule has 0 saturated carbocycles. The first kappa shape index (κ1) is 28.8. The molecule has 0 aliphatic rings. The fraction of sp³-hybridized carbons (Fsp3) is 0. The summed E-state index contributed by atoms with van der Waals surface area (Å²) in [6.07, 6.45) is 2.19. The highest BCUT2D eigenvalue weighted by atomic mass is 32.2. The van der Waals surface area contributed by atoms with Crippen molar-refractivity contribution in [1.29, 1.82) is 0 Å². The Morgan fingerprint density at radius 1 is 0.650 bits per heavy atom. The highest BCUT2D eigenvalue weighted by Gasteiger charge is 2.23. The zero-order chi connectivity index (χ0) is 29.6. The largest absolute Gasteiger partial charge is 0.507 e. The lowest BCUT2D eigenvalue weighted by molar-refractivity contribution is 0.467. The molecule has 0 aliphatic carbocycles. The van der Waals surface area contributed by atoms with Gasteiger partial charge < -0.3 is 10.2 Å². The van der Waals surface area contributed by atoms with Gasteiger partial charge in [0.05, 0.1) is 15.5 Å². The Balaban J connectivity index is 1.86. The van der Waals surface area contributed by atoms with Gasteiger partial charge in [-0.05, 0) is 42.0 Å². The molecule has 15 nitrogen and oxygen atoms in total. The minimum absolute atomic E-state index is 0.0538. The molecule has 4 rings (SSSR count). The maximum Gasteiger partial charge on any atom is 0.312 e. The molecule has 0 atom stereocenters. The van der Waals surface area contributed by atoms with E-state index in [0.29, 0.717) is 0 Å². The van der Waals surface area contributed by atoms with Crippen LogP contribution in [0.3, 0.4) is 0 Å². The molecule has 2 heterocycles. The second-order valence-electron chi connectivity index (χ2n) is 8.10. The minimum Gasteiger partial charge on any atom is -0.507 e. The Bertz CT molecular complexity index is 1980. The van der Waals surface area contributed by atoms with Crippen LogP contribution in [0.5, 0.6) is 11.5 Å². The standard InChI is InChI=1S/C22H18N4O11S3/c23-26(21-7-12(5-6-24-21)15-3-1-13(8-19(15)27)38(29,30)31)18-10-22(40(35,36)37)25-11-17(18)16-4-2-14(9-20(16)28)39(32,33)34/h1-11,27-28H,23H2,(H,29,30,31)(H,32,33,34)(H,35,36,37). The van der Waals surface area contributed by atoms with Crippen LogP contribution in [0.2, 0.25) is 0 Å². The number of anilines is 2. The molecule has 0 saturated heterocycles. The lowest BCUT2D eigenvalue weighted by atomic mass is 10.0. The first-order valence-electron chi connectivity index (χ1n) is 10.6.